The van der Waals surface area contributed by atoms with Crippen molar-refractivity contribution < 1.29 is 9.59 Å². The highest BCUT2D eigenvalue weighted by molar-refractivity contribution is 5.93. The largest absolute Gasteiger partial charge is 0.355 e. The Morgan fingerprint density at radius 1 is 1.13 bits per heavy atom. The third-order valence-corrected chi connectivity index (χ3v) is 4.78. The average Bonchev–Trinajstić information content (AvgIpc) is 2.60. The highest BCUT2D eigenvalue weighted by Gasteiger charge is 2.16. The Balaban J connectivity index is 1.79. The van der Waals surface area contributed by atoms with Crippen LogP contribution in [0.25, 0.3) is 0 Å². The SMILES string of the molecule is CNC(=O)c1ccc(CN(C)C(=O)CCC2CCCCC2)cc1. The fraction of sp³-hybridized carbons (Fsp3) is 0.579. The predicted molar refractivity (Wildman–Crippen MR) is 92.1 cm³/mol. The van der Waals surface area contributed by atoms with E-state index in [4.69, 9.17) is 0 Å². The molecule has 0 aromatic heterocycles. The molecule has 4 heteroatoms. The zero-order valence-corrected chi connectivity index (χ0v) is 14.3. The van der Waals surface area contributed by atoms with Crippen molar-refractivity contribution in [2.75, 3.05) is 14.1 Å². The minimum Gasteiger partial charge on any atom is -0.355 e. The number of benzene rings is 1. The van der Waals surface area contributed by atoms with Gasteiger partial charge in [0.2, 0.25) is 5.91 Å². The molecule has 0 spiro atoms. The summed E-state index contributed by atoms with van der Waals surface area (Å²) in [5, 5.41) is 2.60. The number of hydrogen-bond acceptors (Lipinski definition) is 2. The third-order valence-electron chi connectivity index (χ3n) is 4.78. The average molecular weight is 316 g/mol. The number of amides is 2. The summed E-state index contributed by atoms with van der Waals surface area (Å²) in [6, 6.07) is 7.42. The molecule has 0 bridgehead atoms. The van der Waals surface area contributed by atoms with Crippen LogP contribution in [0.2, 0.25) is 0 Å². The molecule has 0 radical (unpaired) electrons. The lowest BCUT2D eigenvalue weighted by Crippen LogP contribution is -2.26. The van der Waals surface area contributed by atoms with Crippen molar-refractivity contribution in [3.63, 3.8) is 0 Å². The van der Waals surface area contributed by atoms with Gasteiger partial charge in [-0.2, -0.15) is 0 Å². The first-order chi connectivity index (χ1) is 11.1. The maximum Gasteiger partial charge on any atom is 0.251 e. The van der Waals surface area contributed by atoms with Gasteiger partial charge < -0.3 is 10.2 Å². The van der Waals surface area contributed by atoms with Gasteiger partial charge in [0.15, 0.2) is 0 Å². The van der Waals surface area contributed by atoms with Gasteiger partial charge in [0, 0.05) is 32.6 Å². The van der Waals surface area contributed by atoms with E-state index in [0.29, 0.717) is 18.5 Å². The van der Waals surface area contributed by atoms with Crippen molar-refractivity contribution in [3.8, 4) is 0 Å². The van der Waals surface area contributed by atoms with Crippen LogP contribution in [0.15, 0.2) is 24.3 Å². The Labute approximate surface area is 139 Å². The van der Waals surface area contributed by atoms with Crippen molar-refractivity contribution in [1.29, 1.82) is 0 Å². The zero-order chi connectivity index (χ0) is 16.7. The van der Waals surface area contributed by atoms with Crippen molar-refractivity contribution in [2.24, 2.45) is 5.92 Å². The molecule has 2 amide bonds. The second-order valence-electron chi connectivity index (χ2n) is 6.57. The summed E-state index contributed by atoms with van der Waals surface area (Å²) in [5.74, 6) is 0.868. The van der Waals surface area contributed by atoms with E-state index in [1.54, 1.807) is 24.1 Å². The molecule has 1 saturated carbocycles. The van der Waals surface area contributed by atoms with Crippen LogP contribution in [-0.2, 0) is 11.3 Å². The van der Waals surface area contributed by atoms with E-state index in [-0.39, 0.29) is 11.8 Å². The van der Waals surface area contributed by atoms with E-state index in [1.807, 2.05) is 19.2 Å². The van der Waals surface area contributed by atoms with Gasteiger partial charge in [-0.25, -0.2) is 0 Å². The van der Waals surface area contributed by atoms with Gasteiger partial charge in [-0.05, 0) is 30.0 Å². The third kappa shape index (κ3) is 5.38. The molecule has 0 heterocycles. The smallest absolute Gasteiger partial charge is 0.251 e. The van der Waals surface area contributed by atoms with Crippen molar-refractivity contribution in [3.05, 3.63) is 35.4 Å². The van der Waals surface area contributed by atoms with Crippen molar-refractivity contribution >= 4 is 11.8 Å². The summed E-state index contributed by atoms with van der Waals surface area (Å²) < 4.78 is 0. The van der Waals surface area contributed by atoms with Gasteiger partial charge in [-0.15, -0.1) is 0 Å². The summed E-state index contributed by atoms with van der Waals surface area (Å²) in [6.45, 7) is 0.595. The molecule has 1 fully saturated rings. The molecular weight excluding hydrogens is 288 g/mol. The fourth-order valence-corrected chi connectivity index (χ4v) is 3.26. The first-order valence-electron chi connectivity index (χ1n) is 8.65. The van der Waals surface area contributed by atoms with Gasteiger partial charge >= 0.3 is 0 Å². The lowest BCUT2D eigenvalue weighted by molar-refractivity contribution is -0.130. The lowest BCUT2D eigenvalue weighted by Gasteiger charge is -2.23. The van der Waals surface area contributed by atoms with Crippen LogP contribution in [0, 0.1) is 5.92 Å². The minimum atomic E-state index is -0.0894. The Kier molecular flexibility index (Phi) is 6.63. The van der Waals surface area contributed by atoms with Crippen LogP contribution in [0.1, 0.15) is 60.9 Å². The Bertz CT molecular complexity index is 519. The second-order valence-corrected chi connectivity index (χ2v) is 6.57. The number of nitrogens with zero attached hydrogens (tertiary/aromatic N) is 1. The number of carbonyl (C=O) groups is 2. The van der Waals surface area contributed by atoms with Gasteiger partial charge in [0.1, 0.15) is 0 Å². The first-order valence-corrected chi connectivity index (χ1v) is 8.65. The minimum absolute atomic E-state index is 0.0894. The van der Waals surface area contributed by atoms with Gasteiger partial charge in [-0.1, -0.05) is 44.2 Å². The summed E-state index contributed by atoms with van der Waals surface area (Å²) in [5.41, 5.74) is 1.69. The van der Waals surface area contributed by atoms with E-state index < -0.39 is 0 Å². The monoisotopic (exact) mass is 316 g/mol. The molecule has 1 aromatic rings. The zero-order valence-electron chi connectivity index (χ0n) is 14.3. The molecule has 0 unspecified atom stereocenters. The summed E-state index contributed by atoms with van der Waals surface area (Å²) in [7, 11) is 3.48. The number of rotatable bonds is 6. The lowest BCUT2D eigenvalue weighted by atomic mass is 9.86. The molecule has 1 aliphatic rings. The Morgan fingerprint density at radius 2 is 1.78 bits per heavy atom. The number of carbonyl (C=O) groups excluding carboxylic acids is 2. The predicted octanol–water partition coefficient (Wildman–Crippen LogP) is 3.37. The van der Waals surface area contributed by atoms with Crippen LogP contribution in [0.5, 0.6) is 0 Å². The van der Waals surface area contributed by atoms with Crippen LogP contribution in [-0.4, -0.2) is 30.8 Å². The van der Waals surface area contributed by atoms with E-state index in [2.05, 4.69) is 5.32 Å². The first kappa shape index (κ1) is 17.5. The topological polar surface area (TPSA) is 49.4 Å². The molecule has 0 saturated heterocycles. The van der Waals surface area contributed by atoms with Crippen LogP contribution in [0.3, 0.4) is 0 Å². The molecule has 1 aliphatic carbocycles. The molecule has 4 nitrogen and oxygen atoms in total. The molecule has 0 aliphatic heterocycles. The van der Waals surface area contributed by atoms with Gasteiger partial charge in [0.25, 0.3) is 5.91 Å². The molecular formula is C19H28N2O2. The highest BCUT2D eigenvalue weighted by atomic mass is 16.2. The van der Waals surface area contributed by atoms with Crippen molar-refractivity contribution in [1.82, 2.24) is 10.2 Å². The number of hydrogen-bond donors (Lipinski definition) is 1. The van der Waals surface area contributed by atoms with E-state index in [9.17, 15) is 9.59 Å². The maximum atomic E-state index is 12.3. The van der Waals surface area contributed by atoms with E-state index >= 15 is 0 Å². The van der Waals surface area contributed by atoms with Crippen LogP contribution >= 0.6 is 0 Å². The maximum absolute atomic E-state index is 12.3. The van der Waals surface area contributed by atoms with E-state index in [0.717, 1.165) is 17.9 Å². The summed E-state index contributed by atoms with van der Waals surface area (Å²) >= 11 is 0. The highest BCUT2D eigenvalue weighted by Crippen LogP contribution is 2.27. The van der Waals surface area contributed by atoms with Crippen LogP contribution in [0.4, 0.5) is 0 Å². The molecule has 2 rings (SSSR count). The van der Waals surface area contributed by atoms with Gasteiger partial charge in [-0.3, -0.25) is 9.59 Å². The molecule has 1 N–H and O–H groups in total. The summed E-state index contributed by atoms with van der Waals surface area (Å²) in [6.07, 6.45) is 8.27. The molecule has 23 heavy (non-hydrogen) atoms. The second kappa shape index (κ2) is 8.70. The van der Waals surface area contributed by atoms with Crippen molar-refractivity contribution in [2.45, 2.75) is 51.5 Å². The van der Waals surface area contributed by atoms with Crippen LogP contribution < -0.4 is 5.32 Å². The number of nitrogens with one attached hydrogen (secondary N) is 1. The Hall–Kier alpha value is -1.84. The molecule has 126 valence electrons. The normalized spacial score (nSPS) is 15.2. The molecule has 1 aromatic carbocycles. The standard InChI is InChI=1S/C19H28N2O2/c1-20-19(23)17-11-8-16(9-12-17)14-21(2)18(22)13-10-15-6-4-3-5-7-15/h8-9,11-12,15H,3-7,10,13-14H2,1-2H3,(H,20,23). The Morgan fingerprint density at radius 3 is 2.39 bits per heavy atom. The summed E-state index contributed by atoms with van der Waals surface area (Å²) in [4.78, 5) is 25.6. The molecule has 0 atom stereocenters. The quantitative estimate of drug-likeness (QED) is 0.875. The van der Waals surface area contributed by atoms with E-state index in [1.165, 1.54) is 32.1 Å². The fourth-order valence-electron chi connectivity index (χ4n) is 3.26. The van der Waals surface area contributed by atoms with Gasteiger partial charge in [0.05, 0.1) is 0 Å².